The van der Waals surface area contributed by atoms with Crippen LogP contribution >= 0.6 is 15.9 Å². The van der Waals surface area contributed by atoms with Gasteiger partial charge in [-0.15, -0.1) is 0 Å². The topological polar surface area (TPSA) is 38.1 Å². The molecule has 1 saturated heterocycles. The largest absolute Gasteiger partial charge is 0.323 e. The minimum atomic E-state index is 0.0627. The number of halogens is 1. The van der Waals surface area contributed by atoms with Crippen LogP contribution in [-0.4, -0.2) is 22.0 Å². The monoisotopic (exact) mass is 473 g/mol. The van der Waals surface area contributed by atoms with Crippen LogP contribution in [0.1, 0.15) is 34.9 Å². The molecule has 0 saturated carbocycles. The Morgan fingerprint density at radius 1 is 1.03 bits per heavy atom. The number of carbonyl (C=O) groups is 1. The maximum Gasteiger partial charge on any atom is 0.227 e. The van der Waals surface area contributed by atoms with E-state index in [1.54, 1.807) is 0 Å². The number of anilines is 1. The number of hydrogen-bond donors (Lipinski definition) is 0. The molecule has 4 nitrogen and oxygen atoms in total. The van der Waals surface area contributed by atoms with E-state index in [4.69, 9.17) is 4.98 Å². The summed E-state index contributed by atoms with van der Waals surface area (Å²) in [7, 11) is 0. The highest BCUT2D eigenvalue weighted by Crippen LogP contribution is 2.35. The third-order valence-electron chi connectivity index (χ3n) is 6.05. The van der Waals surface area contributed by atoms with Gasteiger partial charge in [0.2, 0.25) is 5.91 Å². The molecule has 0 bridgehead atoms. The quantitative estimate of drug-likeness (QED) is 0.365. The van der Waals surface area contributed by atoms with E-state index in [0.717, 1.165) is 39.1 Å². The number of nitrogens with zero attached hydrogens (tertiary/aromatic N) is 3. The van der Waals surface area contributed by atoms with Crippen LogP contribution in [0.25, 0.3) is 11.0 Å². The number of aryl methyl sites for hydroxylation is 2. The fraction of sp³-hybridized carbons (Fsp3) is 0.231. The van der Waals surface area contributed by atoms with Crippen molar-refractivity contribution in [2.45, 2.75) is 32.7 Å². The van der Waals surface area contributed by atoms with E-state index in [9.17, 15) is 4.79 Å². The molecule has 5 rings (SSSR count). The number of benzene rings is 3. The standard InChI is InChI=1S/C26H24BrN3O/c1-17-10-11-23(18(2)12-17)29-16-20(14-25(29)31)26-28-22-8-3-4-9-24(22)30(26)15-19-6-5-7-21(27)13-19/h3-13,20H,14-16H2,1-2H3. The van der Waals surface area contributed by atoms with Crippen molar-refractivity contribution in [2.75, 3.05) is 11.4 Å². The first-order chi connectivity index (χ1) is 15.0. The Labute approximate surface area is 190 Å². The van der Waals surface area contributed by atoms with E-state index in [-0.39, 0.29) is 11.8 Å². The summed E-state index contributed by atoms with van der Waals surface area (Å²) in [6.07, 6.45) is 0.481. The first-order valence-corrected chi connectivity index (χ1v) is 11.4. The molecule has 1 aliphatic heterocycles. The summed E-state index contributed by atoms with van der Waals surface area (Å²) in [5.41, 5.74) is 6.64. The van der Waals surface area contributed by atoms with Gasteiger partial charge in [0.15, 0.2) is 0 Å². The highest BCUT2D eigenvalue weighted by molar-refractivity contribution is 9.10. The van der Waals surface area contributed by atoms with Gasteiger partial charge in [0, 0.05) is 35.6 Å². The summed E-state index contributed by atoms with van der Waals surface area (Å²) in [6.45, 7) is 5.54. The second-order valence-corrected chi connectivity index (χ2v) is 9.29. The Balaban J connectivity index is 1.53. The van der Waals surface area contributed by atoms with E-state index in [0.29, 0.717) is 13.0 Å². The SMILES string of the molecule is Cc1ccc(N2CC(c3nc4ccccc4n3Cc3cccc(Br)c3)CC2=O)c(C)c1. The van der Waals surface area contributed by atoms with Crippen molar-refractivity contribution in [3.05, 3.63) is 93.7 Å². The lowest BCUT2D eigenvalue weighted by molar-refractivity contribution is -0.117. The van der Waals surface area contributed by atoms with E-state index in [1.165, 1.54) is 11.1 Å². The molecule has 2 heterocycles. The van der Waals surface area contributed by atoms with Gasteiger partial charge in [-0.05, 0) is 55.3 Å². The van der Waals surface area contributed by atoms with Crippen LogP contribution in [0, 0.1) is 13.8 Å². The number of fused-ring (bicyclic) bond motifs is 1. The van der Waals surface area contributed by atoms with Crippen molar-refractivity contribution in [3.63, 3.8) is 0 Å². The van der Waals surface area contributed by atoms with Crippen molar-refractivity contribution in [1.82, 2.24) is 9.55 Å². The van der Waals surface area contributed by atoms with E-state index < -0.39 is 0 Å². The van der Waals surface area contributed by atoms with Crippen LogP contribution in [0.2, 0.25) is 0 Å². The Morgan fingerprint density at radius 2 is 1.87 bits per heavy atom. The number of hydrogen-bond acceptors (Lipinski definition) is 2. The van der Waals surface area contributed by atoms with Gasteiger partial charge in [-0.1, -0.05) is 57.9 Å². The van der Waals surface area contributed by atoms with Crippen LogP contribution in [0.3, 0.4) is 0 Å². The summed E-state index contributed by atoms with van der Waals surface area (Å²) in [5, 5.41) is 0. The van der Waals surface area contributed by atoms with Crippen LogP contribution in [0.5, 0.6) is 0 Å². The number of aromatic nitrogens is 2. The molecule has 31 heavy (non-hydrogen) atoms. The molecule has 1 unspecified atom stereocenters. The van der Waals surface area contributed by atoms with Crippen molar-refractivity contribution in [3.8, 4) is 0 Å². The van der Waals surface area contributed by atoms with Crippen LogP contribution in [0.4, 0.5) is 5.69 Å². The van der Waals surface area contributed by atoms with Gasteiger partial charge in [-0.25, -0.2) is 4.98 Å². The maximum absolute atomic E-state index is 13.0. The summed E-state index contributed by atoms with van der Waals surface area (Å²) < 4.78 is 3.34. The zero-order valence-electron chi connectivity index (χ0n) is 17.7. The number of rotatable bonds is 4. The molecule has 0 aliphatic carbocycles. The van der Waals surface area contributed by atoms with Gasteiger partial charge in [-0.2, -0.15) is 0 Å². The molecular formula is C26H24BrN3O. The average Bonchev–Trinajstić information content (AvgIpc) is 3.29. The zero-order chi connectivity index (χ0) is 21.5. The first-order valence-electron chi connectivity index (χ1n) is 10.6. The first kappa shape index (κ1) is 20.0. The summed E-state index contributed by atoms with van der Waals surface area (Å²) in [5.74, 6) is 1.22. The Kier molecular flexibility index (Phi) is 5.14. The molecule has 1 amide bonds. The van der Waals surface area contributed by atoms with Gasteiger partial charge < -0.3 is 9.47 Å². The van der Waals surface area contributed by atoms with Crippen LogP contribution < -0.4 is 4.90 Å². The predicted molar refractivity (Wildman–Crippen MR) is 129 cm³/mol. The second-order valence-electron chi connectivity index (χ2n) is 8.37. The molecule has 5 heteroatoms. The second kappa shape index (κ2) is 7.97. The molecule has 156 valence electrons. The molecule has 3 aromatic carbocycles. The summed E-state index contributed by atoms with van der Waals surface area (Å²) in [6, 6.07) is 22.9. The zero-order valence-corrected chi connectivity index (χ0v) is 19.3. The smallest absolute Gasteiger partial charge is 0.227 e. The number of carbonyl (C=O) groups excluding carboxylic acids is 1. The molecule has 0 radical (unpaired) electrons. The molecule has 1 atom stereocenters. The van der Waals surface area contributed by atoms with E-state index >= 15 is 0 Å². The fourth-order valence-electron chi connectivity index (χ4n) is 4.61. The van der Waals surface area contributed by atoms with E-state index in [1.807, 2.05) is 23.1 Å². The third kappa shape index (κ3) is 3.79. The van der Waals surface area contributed by atoms with Gasteiger partial charge in [0.05, 0.1) is 11.0 Å². The number of amides is 1. The Morgan fingerprint density at radius 3 is 2.68 bits per heavy atom. The Bertz CT molecular complexity index is 1290. The minimum Gasteiger partial charge on any atom is -0.323 e. The van der Waals surface area contributed by atoms with Crippen molar-refractivity contribution in [2.24, 2.45) is 0 Å². The molecule has 4 aromatic rings. The maximum atomic E-state index is 13.0. The molecule has 1 aliphatic rings. The lowest BCUT2D eigenvalue weighted by atomic mass is 10.1. The summed E-state index contributed by atoms with van der Waals surface area (Å²) in [4.78, 5) is 19.9. The van der Waals surface area contributed by atoms with Gasteiger partial charge >= 0.3 is 0 Å². The third-order valence-corrected chi connectivity index (χ3v) is 6.54. The average molecular weight is 474 g/mol. The van der Waals surface area contributed by atoms with Gasteiger partial charge in [-0.3, -0.25) is 4.79 Å². The van der Waals surface area contributed by atoms with Crippen molar-refractivity contribution in [1.29, 1.82) is 0 Å². The predicted octanol–water partition coefficient (Wildman–Crippen LogP) is 5.98. The number of para-hydroxylation sites is 2. The fourth-order valence-corrected chi connectivity index (χ4v) is 5.06. The highest BCUT2D eigenvalue weighted by Gasteiger charge is 2.35. The van der Waals surface area contributed by atoms with Crippen molar-refractivity contribution < 1.29 is 4.79 Å². The lowest BCUT2D eigenvalue weighted by Crippen LogP contribution is -2.25. The van der Waals surface area contributed by atoms with Crippen LogP contribution in [0.15, 0.2) is 71.2 Å². The molecule has 0 spiro atoms. The minimum absolute atomic E-state index is 0.0627. The van der Waals surface area contributed by atoms with Crippen molar-refractivity contribution >= 4 is 38.6 Å². The Hall–Kier alpha value is -2.92. The van der Waals surface area contributed by atoms with Gasteiger partial charge in [0.25, 0.3) is 0 Å². The highest BCUT2D eigenvalue weighted by atomic mass is 79.9. The normalized spacial score (nSPS) is 16.4. The van der Waals surface area contributed by atoms with Gasteiger partial charge in [0.1, 0.15) is 5.82 Å². The molecular weight excluding hydrogens is 450 g/mol. The number of imidazole rings is 1. The molecule has 1 aromatic heterocycles. The molecule has 1 fully saturated rings. The van der Waals surface area contributed by atoms with E-state index in [2.05, 4.69) is 82.9 Å². The summed E-state index contributed by atoms with van der Waals surface area (Å²) >= 11 is 3.58. The lowest BCUT2D eigenvalue weighted by Gasteiger charge is -2.20. The van der Waals surface area contributed by atoms with Crippen LogP contribution in [-0.2, 0) is 11.3 Å². The molecule has 0 N–H and O–H groups in total.